The van der Waals surface area contributed by atoms with E-state index >= 15 is 0 Å². The van der Waals surface area contributed by atoms with E-state index in [1.165, 1.54) is 0 Å². The second-order valence-corrected chi connectivity index (χ2v) is 2.62. The van der Waals surface area contributed by atoms with Gasteiger partial charge in [0.15, 0.2) is 0 Å². The fraction of sp³-hybridized carbons (Fsp3) is 1.00. The molecule has 0 aliphatic heterocycles. The molecule has 0 aliphatic rings. The van der Waals surface area contributed by atoms with Crippen LogP contribution < -0.4 is 0 Å². The van der Waals surface area contributed by atoms with E-state index in [0.29, 0.717) is 5.88 Å². The summed E-state index contributed by atoms with van der Waals surface area (Å²) in [6.07, 6.45) is 0.745. The van der Waals surface area contributed by atoms with E-state index in [2.05, 4.69) is 10.4 Å². The van der Waals surface area contributed by atoms with Crippen molar-refractivity contribution < 1.29 is 0 Å². The van der Waals surface area contributed by atoms with Gasteiger partial charge in [0.05, 0.1) is 0 Å². The Balaban J connectivity index is 3.96. The first-order valence-corrected chi connectivity index (χ1v) is 4.01. The van der Waals surface area contributed by atoms with Gasteiger partial charge in [0, 0.05) is 5.88 Å². The van der Waals surface area contributed by atoms with E-state index in [1.54, 1.807) is 0 Å². The number of rotatable bonds is 6. The molecule has 0 radical (unpaired) electrons. The molecule has 0 bridgehead atoms. The fourth-order valence-electron chi connectivity index (χ4n) is 0.829. The Bertz CT molecular complexity index is 128. The van der Waals surface area contributed by atoms with E-state index in [4.69, 9.17) is 11.6 Å². The average Bonchev–Trinajstić information content (AvgIpc) is 2.05. The molecule has 0 aromatic heterocycles. The molecule has 0 saturated carbocycles. The number of hydrogen-bond acceptors (Lipinski definition) is 4. The molecular formula is C6H11ClN2O2. The standard InChI is InChI=1S/C6H11ClN2O2/c1-2-5(3-7)6(9-11)4-8-10/h5-6H,2-4H2,1H3. The molecule has 0 amide bonds. The maximum absolute atomic E-state index is 10.1. The Kier molecular flexibility index (Phi) is 5.93. The van der Waals surface area contributed by atoms with Crippen LogP contribution in [0.3, 0.4) is 0 Å². The van der Waals surface area contributed by atoms with E-state index in [-0.39, 0.29) is 12.5 Å². The van der Waals surface area contributed by atoms with Gasteiger partial charge in [-0.25, -0.2) is 0 Å². The van der Waals surface area contributed by atoms with Gasteiger partial charge in [-0.15, -0.1) is 11.6 Å². The van der Waals surface area contributed by atoms with Gasteiger partial charge in [-0.05, 0) is 12.3 Å². The molecule has 2 unspecified atom stereocenters. The third-order valence-electron chi connectivity index (χ3n) is 1.66. The number of alkyl halides is 1. The Morgan fingerprint density at radius 3 is 2.36 bits per heavy atom. The van der Waals surface area contributed by atoms with Crippen molar-refractivity contribution in [2.45, 2.75) is 19.4 Å². The van der Waals surface area contributed by atoms with Crippen LogP contribution in [0.15, 0.2) is 10.4 Å². The van der Waals surface area contributed by atoms with Crippen LogP contribution in [0, 0.1) is 15.7 Å². The smallest absolute Gasteiger partial charge is 0.119 e. The Hall–Kier alpha value is -0.510. The SMILES string of the molecule is CCC(CCl)C(CN=O)N=O. The van der Waals surface area contributed by atoms with Crippen molar-refractivity contribution in [3.63, 3.8) is 0 Å². The normalized spacial score (nSPS) is 15.5. The lowest BCUT2D eigenvalue weighted by atomic mass is 10.0. The second-order valence-electron chi connectivity index (χ2n) is 2.31. The lowest BCUT2D eigenvalue weighted by Gasteiger charge is -2.13. The first-order valence-electron chi connectivity index (χ1n) is 3.47. The number of hydrogen-bond donors (Lipinski definition) is 0. The summed E-state index contributed by atoms with van der Waals surface area (Å²) in [6.45, 7) is 1.84. The maximum Gasteiger partial charge on any atom is 0.119 e. The van der Waals surface area contributed by atoms with Crippen molar-refractivity contribution >= 4 is 11.6 Å². The fourth-order valence-corrected chi connectivity index (χ4v) is 1.25. The molecular weight excluding hydrogens is 168 g/mol. The predicted octanol–water partition coefficient (Wildman–Crippen LogP) is 2.15. The first kappa shape index (κ1) is 10.5. The van der Waals surface area contributed by atoms with Gasteiger partial charge in [-0.3, -0.25) is 0 Å². The van der Waals surface area contributed by atoms with Crippen LogP contribution in [0.2, 0.25) is 0 Å². The first-order chi connectivity index (χ1) is 5.29. The van der Waals surface area contributed by atoms with Crippen LogP contribution in [0.1, 0.15) is 13.3 Å². The molecule has 0 aromatic carbocycles. The van der Waals surface area contributed by atoms with Crippen LogP contribution in [0.4, 0.5) is 0 Å². The highest BCUT2D eigenvalue weighted by Gasteiger charge is 2.19. The van der Waals surface area contributed by atoms with Crippen molar-refractivity contribution in [3.05, 3.63) is 9.81 Å². The molecule has 0 rings (SSSR count). The summed E-state index contributed by atoms with van der Waals surface area (Å²) in [4.78, 5) is 20.0. The van der Waals surface area contributed by atoms with Crippen molar-refractivity contribution in [2.24, 2.45) is 16.3 Å². The van der Waals surface area contributed by atoms with Crippen LogP contribution >= 0.6 is 11.6 Å². The third kappa shape index (κ3) is 3.41. The van der Waals surface area contributed by atoms with Gasteiger partial charge in [0.25, 0.3) is 0 Å². The minimum Gasteiger partial charge on any atom is -0.151 e. The van der Waals surface area contributed by atoms with Gasteiger partial charge in [-0.1, -0.05) is 17.3 Å². The highest BCUT2D eigenvalue weighted by Crippen LogP contribution is 2.14. The maximum atomic E-state index is 10.1. The summed E-state index contributed by atoms with van der Waals surface area (Å²) < 4.78 is 0. The number of nitroso groups, excluding NO2 is 2. The van der Waals surface area contributed by atoms with Crippen molar-refractivity contribution in [1.82, 2.24) is 0 Å². The minimum absolute atomic E-state index is 0.0214. The highest BCUT2D eigenvalue weighted by atomic mass is 35.5. The number of halogens is 1. The minimum atomic E-state index is -0.546. The monoisotopic (exact) mass is 178 g/mol. The second kappa shape index (κ2) is 6.22. The topological polar surface area (TPSA) is 58.9 Å². The molecule has 11 heavy (non-hydrogen) atoms. The summed E-state index contributed by atoms with van der Waals surface area (Å²) in [5.74, 6) is 0.328. The molecule has 4 nitrogen and oxygen atoms in total. The van der Waals surface area contributed by atoms with Gasteiger partial charge < -0.3 is 0 Å². The molecule has 0 spiro atoms. The molecule has 2 atom stereocenters. The van der Waals surface area contributed by atoms with Crippen LogP contribution in [0.5, 0.6) is 0 Å². The van der Waals surface area contributed by atoms with E-state index in [0.717, 1.165) is 6.42 Å². The van der Waals surface area contributed by atoms with Gasteiger partial charge in [0.2, 0.25) is 0 Å². The summed E-state index contributed by atoms with van der Waals surface area (Å²) in [5, 5.41) is 5.41. The third-order valence-corrected chi connectivity index (χ3v) is 2.06. The Labute approximate surface area is 70.3 Å². The lowest BCUT2D eigenvalue weighted by Crippen LogP contribution is -2.22. The Morgan fingerprint density at radius 2 is 2.09 bits per heavy atom. The predicted molar refractivity (Wildman–Crippen MR) is 44.7 cm³/mol. The Morgan fingerprint density at radius 1 is 1.45 bits per heavy atom. The zero-order valence-corrected chi connectivity index (χ0v) is 7.12. The van der Waals surface area contributed by atoms with Crippen molar-refractivity contribution in [2.75, 3.05) is 12.4 Å². The van der Waals surface area contributed by atoms with Crippen LogP contribution in [0.25, 0.3) is 0 Å². The van der Waals surface area contributed by atoms with E-state index < -0.39 is 6.04 Å². The zero-order chi connectivity index (χ0) is 8.69. The summed E-state index contributed by atoms with van der Waals surface area (Å²) in [7, 11) is 0. The largest absolute Gasteiger partial charge is 0.151 e. The average molecular weight is 179 g/mol. The summed E-state index contributed by atoms with van der Waals surface area (Å²) >= 11 is 5.53. The molecule has 0 aliphatic carbocycles. The molecule has 64 valence electrons. The van der Waals surface area contributed by atoms with Crippen LogP contribution in [-0.2, 0) is 0 Å². The molecule has 0 aromatic rings. The molecule has 5 heteroatoms. The van der Waals surface area contributed by atoms with Crippen molar-refractivity contribution in [3.8, 4) is 0 Å². The molecule has 0 heterocycles. The van der Waals surface area contributed by atoms with Crippen LogP contribution in [-0.4, -0.2) is 18.5 Å². The van der Waals surface area contributed by atoms with Crippen molar-refractivity contribution in [1.29, 1.82) is 0 Å². The lowest BCUT2D eigenvalue weighted by molar-refractivity contribution is 0.453. The molecule has 0 fully saturated rings. The molecule has 0 saturated heterocycles. The summed E-state index contributed by atoms with van der Waals surface area (Å²) in [6, 6.07) is -0.546. The van der Waals surface area contributed by atoms with Gasteiger partial charge in [-0.2, -0.15) is 9.81 Å². The van der Waals surface area contributed by atoms with E-state index in [1.807, 2.05) is 6.92 Å². The highest BCUT2D eigenvalue weighted by molar-refractivity contribution is 6.18. The molecule has 0 N–H and O–H groups in total. The van der Waals surface area contributed by atoms with Gasteiger partial charge in [0.1, 0.15) is 12.6 Å². The van der Waals surface area contributed by atoms with E-state index in [9.17, 15) is 9.81 Å². The zero-order valence-electron chi connectivity index (χ0n) is 6.36. The number of nitrogens with zero attached hydrogens (tertiary/aromatic N) is 2. The summed E-state index contributed by atoms with van der Waals surface area (Å²) in [5.41, 5.74) is 0. The van der Waals surface area contributed by atoms with Gasteiger partial charge >= 0.3 is 0 Å². The quantitative estimate of drug-likeness (QED) is 0.462.